The van der Waals surface area contributed by atoms with Gasteiger partial charge in [0.15, 0.2) is 0 Å². The molecule has 1 amide bonds. The molecule has 1 aromatic rings. The van der Waals surface area contributed by atoms with Crippen molar-refractivity contribution >= 4 is 5.91 Å². The van der Waals surface area contributed by atoms with Crippen molar-refractivity contribution < 1.29 is 34.3 Å². The predicted molar refractivity (Wildman–Crippen MR) is 117 cm³/mol. The molecule has 184 valence electrons. The van der Waals surface area contributed by atoms with Crippen LogP contribution in [0.2, 0.25) is 0 Å². The minimum Gasteiger partial charge on any atom is -0.391 e. The molecule has 3 unspecified atom stereocenters. The van der Waals surface area contributed by atoms with Gasteiger partial charge in [-0.25, -0.2) is 0 Å². The van der Waals surface area contributed by atoms with E-state index in [4.69, 9.17) is 14.2 Å². The summed E-state index contributed by atoms with van der Waals surface area (Å²) in [7, 11) is 1.69. The van der Waals surface area contributed by atoms with E-state index in [1.54, 1.807) is 19.4 Å². The predicted octanol–water partition coefficient (Wildman–Crippen LogP) is -0.544. The largest absolute Gasteiger partial charge is 0.391 e. The van der Waals surface area contributed by atoms with E-state index in [1.165, 1.54) is 0 Å². The van der Waals surface area contributed by atoms with Gasteiger partial charge in [0, 0.05) is 24.7 Å². The molecular formula is C23H35N3O7. The molecule has 3 aliphatic rings. The number of amides is 1. The maximum Gasteiger partial charge on any atom is 0.239 e. The molecule has 10 nitrogen and oxygen atoms in total. The van der Waals surface area contributed by atoms with Crippen LogP contribution in [0.25, 0.3) is 0 Å². The van der Waals surface area contributed by atoms with E-state index in [1.807, 2.05) is 26.0 Å². The van der Waals surface area contributed by atoms with Crippen LogP contribution >= 0.6 is 0 Å². The van der Waals surface area contributed by atoms with E-state index in [2.05, 4.69) is 15.6 Å². The number of carbonyl (C=O) groups is 1. The van der Waals surface area contributed by atoms with Crippen LogP contribution in [0.15, 0.2) is 24.5 Å². The quantitative estimate of drug-likeness (QED) is 0.374. The van der Waals surface area contributed by atoms with Gasteiger partial charge < -0.3 is 40.2 Å². The molecule has 0 spiro atoms. The number of nitrogens with one attached hydrogen (secondary N) is 2. The van der Waals surface area contributed by atoms with E-state index >= 15 is 0 Å². The minimum atomic E-state index is -1.97. The van der Waals surface area contributed by atoms with Crippen molar-refractivity contribution in [3.63, 3.8) is 0 Å². The first-order chi connectivity index (χ1) is 15.8. The van der Waals surface area contributed by atoms with Crippen molar-refractivity contribution in [3.05, 3.63) is 30.1 Å². The molecule has 3 fully saturated rings. The van der Waals surface area contributed by atoms with Crippen LogP contribution in [0, 0.1) is 5.92 Å². The number of nitrogens with zero attached hydrogens (tertiary/aromatic N) is 1. The van der Waals surface area contributed by atoms with Crippen LogP contribution in [0.4, 0.5) is 0 Å². The second-order valence-electron chi connectivity index (χ2n) is 9.30. The number of pyridine rings is 1. The van der Waals surface area contributed by atoms with Gasteiger partial charge in [-0.2, -0.15) is 0 Å². The van der Waals surface area contributed by atoms with Crippen LogP contribution in [0.1, 0.15) is 38.7 Å². The van der Waals surface area contributed by atoms with Gasteiger partial charge in [0.2, 0.25) is 18.0 Å². The molecule has 1 aliphatic carbocycles. The number of fused-ring (bicyclic) bond motifs is 2. The number of hydrogen-bond acceptors (Lipinski definition) is 9. The van der Waals surface area contributed by atoms with Gasteiger partial charge in [-0.05, 0) is 44.9 Å². The molecule has 2 saturated heterocycles. The lowest BCUT2D eigenvalue weighted by molar-refractivity contribution is -0.450. The Kier molecular flexibility index (Phi) is 7.35. The molecule has 2 aliphatic heterocycles. The third kappa shape index (κ3) is 4.66. The van der Waals surface area contributed by atoms with Crippen molar-refractivity contribution in [2.24, 2.45) is 5.92 Å². The summed E-state index contributed by atoms with van der Waals surface area (Å²) < 4.78 is 18.1. The van der Waals surface area contributed by atoms with Crippen molar-refractivity contribution in [3.8, 4) is 0 Å². The third-order valence-corrected chi connectivity index (χ3v) is 7.13. The number of aliphatic hydroxyl groups excluding tert-OH is 2. The monoisotopic (exact) mass is 465 g/mol. The first-order valence-corrected chi connectivity index (χ1v) is 11.7. The zero-order chi connectivity index (χ0) is 23.8. The molecule has 4 rings (SSSR count). The fraction of sp³-hybridized carbons (Fsp3) is 0.739. The van der Waals surface area contributed by atoms with E-state index in [-0.39, 0.29) is 18.4 Å². The van der Waals surface area contributed by atoms with E-state index in [0.717, 1.165) is 5.56 Å². The first kappa shape index (κ1) is 24.5. The van der Waals surface area contributed by atoms with Crippen molar-refractivity contribution in [1.29, 1.82) is 0 Å². The summed E-state index contributed by atoms with van der Waals surface area (Å²) in [5, 5.41) is 39.2. The third-order valence-electron chi connectivity index (χ3n) is 7.13. The summed E-state index contributed by atoms with van der Waals surface area (Å²) >= 11 is 0. The summed E-state index contributed by atoms with van der Waals surface area (Å²) in [6.07, 6.45) is -0.0191. The molecule has 5 N–H and O–H groups in total. The molecule has 1 aromatic heterocycles. The maximum atomic E-state index is 12.7. The molecule has 0 radical (unpaired) electrons. The van der Waals surface area contributed by atoms with Crippen molar-refractivity contribution in [2.75, 3.05) is 7.05 Å². The summed E-state index contributed by atoms with van der Waals surface area (Å²) in [5.41, 5.74) is 0.942. The number of carbonyl (C=O) groups excluding carboxylic acids is 1. The average Bonchev–Trinajstić information content (AvgIpc) is 2.79. The van der Waals surface area contributed by atoms with Crippen molar-refractivity contribution in [2.45, 2.75) is 94.2 Å². The van der Waals surface area contributed by atoms with Gasteiger partial charge in [-0.15, -0.1) is 0 Å². The molecule has 0 bridgehead atoms. The number of aryl methyl sites for hydroxylation is 1. The lowest BCUT2D eigenvalue weighted by Crippen LogP contribution is -2.77. The summed E-state index contributed by atoms with van der Waals surface area (Å²) in [6.45, 7) is 3.72. The minimum absolute atomic E-state index is 0.222. The summed E-state index contributed by atoms with van der Waals surface area (Å²) in [4.78, 5) is 16.8. The molecule has 33 heavy (non-hydrogen) atoms. The Balaban J connectivity index is 1.51. The number of aliphatic hydroxyl groups is 3. The van der Waals surface area contributed by atoms with Gasteiger partial charge in [0.1, 0.15) is 12.2 Å². The van der Waals surface area contributed by atoms with E-state index in [9.17, 15) is 20.1 Å². The van der Waals surface area contributed by atoms with Gasteiger partial charge >= 0.3 is 0 Å². The molecular weight excluding hydrogens is 430 g/mol. The highest BCUT2D eigenvalue weighted by atomic mass is 16.8. The topological polar surface area (TPSA) is 142 Å². The lowest BCUT2D eigenvalue weighted by atomic mass is 9.74. The standard InChI is InChI=1S/C23H35N3O7/c1-4-14-18(28)17(24-3)20-21(19(14)29)32-22-23(30,33-20)15(10-12(2)31-22)26-16(27)8-7-13-6-5-9-25-11-13/h5-6,9,11-12,14-15,17-22,24,28-30H,4,7-8,10H2,1-3H3,(H,26,27)/t12-,14-,15-,17+,18+,19-,20?,21?,22?,23+/m1/s1. The van der Waals surface area contributed by atoms with Gasteiger partial charge in [-0.3, -0.25) is 9.78 Å². The SMILES string of the molecule is CC[C@@H]1[C@H](O)[C@H](NC)C2O[C@]3(O)C(OC2[C@@H]1O)O[C@H](C)C[C@H]3NC(=O)CCc1cccnc1. The Hall–Kier alpha value is -1.66. The highest BCUT2D eigenvalue weighted by Gasteiger charge is 2.63. The Morgan fingerprint density at radius 2 is 2.06 bits per heavy atom. The highest BCUT2D eigenvalue weighted by Crippen LogP contribution is 2.43. The molecule has 1 saturated carbocycles. The van der Waals surface area contributed by atoms with E-state index < -0.39 is 54.5 Å². The number of likely N-dealkylation sites (N-methyl/N-ethyl adjacent to an activating group) is 1. The van der Waals surface area contributed by atoms with Crippen molar-refractivity contribution in [1.82, 2.24) is 15.6 Å². The molecule has 3 heterocycles. The average molecular weight is 466 g/mol. The normalized spacial score (nSPS) is 42.8. The van der Waals surface area contributed by atoms with Crippen LogP contribution in [0.5, 0.6) is 0 Å². The Morgan fingerprint density at radius 3 is 2.73 bits per heavy atom. The number of aromatic nitrogens is 1. The Bertz CT molecular complexity index is 815. The molecule has 10 heteroatoms. The zero-order valence-corrected chi connectivity index (χ0v) is 19.3. The van der Waals surface area contributed by atoms with Crippen LogP contribution < -0.4 is 10.6 Å². The van der Waals surface area contributed by atoms with Crippen LogP contribution in [-0.2, 0) is 25.4 Å². The summed E-state index contributed by atoms with van der Waals surface area (Å²) in [6, 6.07) is 2.36. The van der Waals surface area contributed by atoms with Gasteiger partial charge in [0.25, 0.3) is 0 Å². The number of hydrogen-bond donors (Lipinski definition) is 5. The smallest absolute Gasteiger partial charge is 0.239 e. The number of ether oxygens (including phenoxy) is 3. The second-order valence-corrected chi connectivity index (χ2v) is 9.30. The molecule has 0 aromatic carbocycles. The Morgan fingerprint density at radius 1 is 1.27 bits per heavy atom. The fourth-order valence-corrected chi connectivity index (χ4v) is 5.31. The highest BCUT2D eigenvalue weighted by molar-refractivity contribution is 5.76. The van der Waals surface area contributed by atoms with Crippen LogP contribution in [-0.4, -0.2) is 87.9 Å². The van der Waals surface area contributed by atoms with Gasteiger partial charge in [-0.1, -0.05) is 13.0 Å². The fourth-order valence-electron chi connectivity index (χ4n) is 5.31. The van der Waals surface area contributed by atoms with Gasteiger partial charge in [0.05, 0.1) is 30.4 Å². The number of rotatable bonds is 6. The van der Waals surface area contributed by atoms with Crippen LogP contribution in [0.3, 0.4) is 0 Å². The maximum absolute atomic E-state index is 12.7. The second kappa shape index (κ2) is 9.91. The molecule has 10 atom stereocenters. The Labute approximate surface area is 193 Å². The zero-order valence-electron chi connectivity index (χ0n) is 19.3. The lowest BCUT2D eigenvalue weighted by Gasteiger charge is -2.58. The van der Waals surface area contributed by atoms with E-state index in [0.29, 0.717) is 19.3 Å². The first-order valence-electron chi connectivity index (χ1n) is 11.7. The summed E-state index contributed by atoms with van der Waals surface area (Å²) in [5.74, 6) is -2.62.